The topological polar surface area (TPSA) is 134 Å². The standard InChI is InChI=1S/C14H13NO4.C13H11NO4/c1-18-13-8-7-12(15(16)17)9-14(13)19-10-11-5-3-2-4-6-11;15-12-7-6-11(14(16)17)8-13(12)18-9-10-4-2-1-3-5-10/h2-9H,10H2,1H3;1-8,15H,9H2. The number of nitro groups is 2. The van der Waals surface area contributed by atoms with E-state index in [1.54, 1.807) is 0 Å². The van der Waals surface area contributed by atoms with Crippen molar-refractivity contribution >= 4 is 11.4 Å². The first-order valence-electron chi connectivity index (χ1n) is 11.0. The first kappa shape index (κ1) is 26.5. The number of benzene rings is 4. The molecule has 0 aliphatic carbocycles. The van der Waals surface area contributed by atoms with E-state index in [1.807, 2.05) is 60.7 Å². The first-order chi connectivity index (χ1) is 17.9. The molecule has 4 aromatic carbocycles. The zero-order valence-corrected chi connectivity index (χ0v) is 19.9. The van der Waals surface area contributed by atoms with E-state index in [9.17, 15) is 25.3 Å². The quantitative estimate of drug-likeness (QED) is 0.215. The van der Waals surface area contributed by atoms with Crippen molar-refractivity contribution < 1.29 is 29.2 Å². The van der Waals surface area contributed by atoms with Gasteiger partial charge in [0.1, 0.15) is 13.2 Å². The summed E-state index contributed by atoms with van der Waals surface area (Å²) in [4.78, 5) is 20.3. The Morgan fingerprint density at radius 3 is 1.59 bits per heavy atom. The minimum absolute atomic E-state index is 0.0242. The molecule has 0 fully saturated rings. The van der Waals surface area contributed by atoms with Gasteiger partial charge in [0, 0.05) is 12.1 Å². The molecule has 0 saturated carbocycles. The zero-order chi connectivity index (χ0) is 26.6. The van der Waals surface area contributed by atoms with E-state index in [2.05, 4.69) is 0 Å². The van der Waals surface area contributed by atoms with Crippen molar-refractivity contribution in [2.24, 2.45) is 0 Å². The molecule has 0 aliphatic heterocycles. The van der Waals surface area contributed by atoms with Gasteiger partial charge in [-0.25, -0.2) is 0 Å². The third kappa shape index (κ3) is 7.96. The molecule has 0 aliphatic rings. The molecule has 0 aromatic heterocycles. The van der Waals surface area contributed by atoms with Gasteiger partial charge in [-0.3, -0.25) is 20.2 Å². The molecular formula is C27H24N2O8. The summed E-state index contributed by atoms with van der Waals surface area (Å²) in [5.74, 6) is 0.826. The molecular weight excluding hydrogens is 480 g/mol. The predicted octanol–water partition coefficient (Wildman–Crippen LogP) is 6.06. The van der Waals surface area contributed by atoms with Crippen molar-refractivity contribution in [1.82, 2.24) is 0 Å². The van der Waals surface area contributed by atoms with Crippen LogP contribution in [0.5, 0.6) is 23.0 Å². The fourth-order valence-electron chi connectivity index (χ4n) is 3.09. The number of ether oxygens (including phenoxy) is 3. The Labute approximate surface area is 212 Å². The first-order valence-corrected chi connectivity index (χ1v) is 11.0. The fraction of sp³-hybridized carbons (Fsp3) is 0.111. The van der Waals surface area contributed by atoms with Crippen LogP contribution in [-0.4, -0.2) is 22.1 Å². The van der Waals surface area contributed by atoms with Gasteiger partial charge < -0.3 is 19.3 Å². The highest BCUT2D eigenvalue weighted by Crippen LogP contribution is 2.32. The minimum atomic E-state index is -0.533. The Balaban J connectivity index is 0.000000206. The van der Waals surface area contributed by atoms with Crippen LogP contribution in [0.15, 0.2) is 97.1 Å². The molecule has 10 nitrogen and oxygen atoms in total. The predicted molar refractivity (Wildman–Crippen MR) is 136 cm³/mol. The van der Waals surface area contributed by atoms with Crippen LogP contribution < -0.4 is 14.2 Å². The number of hydrogen-bond donors (Lipinski definition) is 1. The number of rotatable bonds is 9. The molecule has 0 atom stereocenters. The maximum absolute atomic E-state index is 10.7. The number of methoxy groups -OCH3 is 1. The molecule has 0 radical (unpaired) electrons. The van der Waals surface area contributed by atoms with Crippen LogP contribution in [0, 0.1) is 20.2 Å². The SMILES string of the molecule is COc1ccc([N+](=O)[O-])cc1OCc1ccccc1.O=[N+]([O-])c1ccc(O)c(OCc2ccccc2)c1. The summed E-state index contributed by atoms with van der Waals surface area (Å²) in [6.45, 7) is 0.577. The number of hydrogen-bond acceptors (Lipinski definition) is 8. The summed E-state index contributed by atoms with van der Waals surface area (Å²) in [5.41, 5.74) is 1.76. The maximum atomic E-state index is 10.7. The van der Waals surface area contributed by atoms with Gasteiger partial charge in [0.2, 0.25) is 0 Å². The van der Waals surface area contributed by atoms with Crippen molar-refractivity contribution in [2.45, 2.75) is 13.2 Å². The molecule has 0 saturated heterocycles. The second-order valence-corrected chi connectivity index (χ2v) is 7.55. The van der Waals surface area contributed by atoms with E-state index >= 15 is 0 Å². The number of phenolic OH excluding ortho intramolecular Hbond substituents is 1. The van der Waals surface area contributed by atoms with Gasteiger partial charge >= 0.3 is 0 Å². The normalized spacial score (nSPS) is 9.97. The van der Waals surface area contributed by atoms with Crippen LogP contribution in [0.2, 0.25) is 0 Å². The Hall–Kier alpha value is -5.12. The van der Waals surface area contributed by atoms with Crippen LogP contribution in [0.1, 0.15) is 11.1 Å². The molecule has 0 amide bonds. The lowest BCUT2D eigenvalue weighted by molar-refractivity contribution is -0.385. The summed E-state index contributed by atoms with van der Waals surface area (Å²) in [6.07, 6.45) is 0. The van der Waals surface area contributed by atoms with Crippen LogP contribution in [-0.2, 0) is 13.2 Å². The zero-order valence-electron chi connectivity index (χ0n) is 19.9. The summed E-state index contributed by atoms with van der Waals surface area (Å²) >= 11 is 0. The fourth-order valence-corrected chi connectivity index (χ4v) is 3.09. The van der Waals surface area contributed by atoms with E-state index in [0.29, 0.717) is 18.1 Å². The van der Waals surface area contributed by atoms with Crippen LogP contribution in [0.25, 0.3) is 0 Å². The van der Waals surface area contributed by atoms with E-state index in [4.69, 9.17) is 14.2 Å². The minimum Gasteiger partial charge on any atom is -0.504 e. The van der Waals surface area contributed by atoms with Crippen molar-refractivity contribution in [3.8, 4) is 23.0 Å². The van der Waals surface area contributed by atoms with Crippen molar-refractivity contribution in [2.75, 3.05) is 7.11 Å². The molecule has 4 aromatic rings. The van der Waals surface area contributed by atoms with Gasteiger partial charge in [-0.1, -0.05) is 60.7 Å². The summed E-state index contributed by atoms with van der Waals surface area (Å²) in [7, 11) is 1.50. The molecule has 190 valence electrons. The molecule has 10 heteroatoms. The lowest BCUT2D eigenvalue weighted by atomic mass is 10.2. The van der Waals surface area contributed by atoms with Crippen molar-refractivity contribution in [3.05, 3.63) is 128 Å². The monoisotopic (exact) mass is 504 g/mol. The summed E-state index contributed by atoms with van der Waals surface area (Å²) < 4.78 is 16.1. The lowest BCUT2D eigenvalue weighted by Gasteiger charge is -2.10. The molecule has 0 spiro atoms. The lowest BCUT2D eigenvalue weighted by Crippen LogP contribution is -1.98. The van der Waals surface area contributed by atoms with Gasteiger partial charge in [0.25, 0.3) is 11.4 Å². The number of phenols is 1. The van der Waals surface area contributed by atoms with Crippen LogP contribution in [0.4, 0.5) is 11.4 Å². The van der Waals surface area contributed by atoms with Gasteiger partial charge in [-0.2, -0.15) is 0 Å². The highest BCUT2D eigenvalue weighted by atomic mass is 16.6. The highest BCUT2D eigenvalue weighted by Gasteiger charge is 2.13. The number of nitro benzene ring substituents is 2. The van der Waals surface area contributed by atoms with E-state index in [-0.39, 0.29) is 29.5 Å². The van der Waals surface area contributed by atoms with Crippen LogP contribution >= 0.6 is 0 Å². The molecule has 37 heavy (non-hydrogen) atoms. The van der Waals surface area contributed by atoms with E-state index in [1.165, 1.54) is 43.5 Å². The largest absolute Gasteiger partial charge is 0.504 e. The molecule has 1 N–H and O–H groups in total. The average Bonchev–Trinajstić information content (AvgIpc) is 2.92. The Morgan fingerprint density at radius 2 is 1.11 bits per heavy atom. The second kappa shape index (κ2) is 13.1. The smallest absolute Gasteiger partial charge is 0.273 e. The highest BCUT2D eigenvalue weighted by molar-refractivity contribution is 5.49. The third-order valence-electron chi connectivity index (χ3n) is 4.99. The van der Waals surface area contributed by atoms with Crippen molar-refractivity contribution in [1.29, 1.82) is 0 Å². The van der Waals surface area contributed by atoms with Gasteiger partial charge in [-0.15, -0.1) is 0 Å². The Bertz CT molecular complexity index is 1330. The molecule has 4 rings (SSSR count). The van der Waals surface area contributed by atoms with E-state index in [0.717, 1.165) is 11.1 Å². The number of aromatic hydroxyl groups is 1. The van der Waals surface area contributed by atoms with Gasteiger partial charge in [0.15, 0.2) is 23.0 Å². The Morgan fingerprint density at radius 1 is 0.649 bits per heavy atom. The van der Waals surface area contributed by atoms with Crippen LogP contribution in [0.3, 0.4) is 0 Å². The van der Waals surface area contributed by atoms with Crippen molar-refractivity contribution in [3.63, 3.8) is 0 Å². The van der Waals surface area contributed by atoms with Gasteiger partial charge in [0.05, 0.1) is 29.1 Å². The number of nitrogens with zero attached hydrogens (tertiary/aromatic N) is 2. The maximum Gasteiger partial charge on any atom is 0.273 e. The Kier molecular flexibility index (Phi) is 9.38. The average molecular weight is 504 g/mol. The second-order valence-electron chi connectivity index (χ2n) is 7.55. The van der Waals surface area contributed by atoms with Gasteiger partial charge in [-0.05, 0) is 23.3 Å². The molecule has 0 unspecified atom stereocenters. The number of non-ortho nitro benzene ring substituents is 2. The summed E-state index contributed by atoms with van der Waals surface area (Å²) in [6, 6.07) is 26.9. The summed E-state index contributed by atoms with van der Waals surface area (Å²) in [5, 5.41) is 30.9. The molecule has 0 heterocycles. The third-order valence-corrected chi connectivity index (χ3v) is 4.99. The molecule has 0 bridgehead atoms. The van der Waals surface area contributed by atoms with E-state index < -0.39 is 9.85 Å².